The molecule has 8 aromatic carbocycles. The van der Waals surface area contributed by atoms with Gasteiger partial charge < -0.3 is 0 Å². The molecule has 0 aromatic heterocycles. The van der Waals surface area contributed by atoms with E-state index in [2.05, 4.69) is 190 Å². The SMILES string of the molecule is Cc1cc(C)c(B2C(c3ccccc3)=Cc3cc4c5c(cc6cc(C(C)(C)C)cc7cc2c3c5c76)B(c2c(C)cc(C)cc2C)C(c2ccccc2)=C4)c(C)c1. The van der Waals surface area contributed by atoms with Crippen LogP contribution in [0.2, 0.25) is 0 Å². The van der Waals surface area contributed by atoms with E-state index in [4.69, 9.17) is 0 Å². The molecule has 2 heteroatoms. The minimum Gasteiger partial charge on any atom is -0.0629 e. The molecule has 0 unspecified atom stereocenters. The van der Waals surface area contributed by atoms with Crippen LogP contribution in [-0.2, 0) is 5.41 Å². The van der Waals surface area contributed by atoms with E-state index in [0.717, 1.165) is 0 Å². The van der Waals surface area contributed by atoms with E-state index in [9.17, 15) is 0 Å². The van der Waals surface area contributed by atoms with Crippen molar-refractivity contribution in [2.45, 2.75) is 67.7 Å². The summed E-state index contributed by atoms with van der Waals surface area (Å²) in [6.07, 6.45) is 5.09. The Hall–Kier alpha value is -5.59. The van der Waals surface area contributed by atoms with Crippen LogP contribution in [0.5, 0.6) is 0 Å². The minimum atomic E-state index is -0.00743. The summed E-state index contributed by atoms with van der Waals surface area (Å²) in [7, 11) is 0. The normalized spacial score (nSPS) is 13.9. The first-order valence-electron chi connectivity index (χ1n) is 20.4. The molecule has 2 aliphatic heterocycles. The summed E-state index contributed by atoms with van der Waals surface area (Å²) in [5, 5.41) is 8.38. The molecule has 0 nitrogen and oxygen atoms in total. The summed E-state index contributed by atoms with van der Waals surface area (Å²) in [6, 6.07) is 44.6. The van der Waals surface area contributed by atoms with Gasteiger partial charge in [-0.15, -0.1) is 0 Å². The van der Waals surface area contributed by atoms with Crippen LogP contribution in [0.15, 0.2) is 115 Å². The highest BCUT2D eigenvalue weighted by Crippen LogP contribution is 2.45. The standard InChI is InChI=1S/C54H48B2/c1-31-20-33(3)52(34(4)21-31)55-44(37-16-12-10-13-17-37)27-39-24-40-28-45(38-18-14-11-15-19-38)56(53-35(5)22-32(2)23-36(53)6)47-30-42-26-43(54(7,8)9)25-41-29-46(55)49(39)51(48(41)42)50(40)47/h10-30H,1-9H3. The Morgan fingerprint density at radius 1 is 0.411 bits per heavy atom. The van der Waals surface area contributed by atoms with Gasteiger partial charge in [-0.3, -0.25) is 0 Å². The van der Waals surface area contributed by atoms with Gasteiger partial charge in [-0.05, 0) is 113 Å². The molecule has 0 atom stereocenters. The number of aryl methyl sites for hydroxylation is 6. The van der Waals surface area contributed by atoms with Crippen LogP contribution >= 0.6 is 0 Å². The van der Waals surface area contributed by atoms with Gasteiger partial charge in [0.05, 0.1) is 0 Å². The van der Waals surface area contributed by atoms with Crippen molar-refractivity contribution in [1.82, 2.24) is 0 Å². The van der Waals surface area contributed by atoms with Gasteiger partial charge in [0.2, 0.25) is 13.4 Å². The van der Waals surface area contributed by atoms with Gasteiger partial charge in [-0.1, -0.05) is 208 Å². The quantitative estimate of drug-likeness (QED) is 0.126. The van der Waals surface area contributed by atoms with Gasteiger partial charge in [-0.25, -0.2) is 0 Å². The Morgan fingerprint density at radius 2 is 0.804 bits per heavy atom. The van der Waals surface area contributed by atoms with Gasteiger partial charge in [0, 0.05) is 0 Å². The monoisotopic (exact) mass is 718 g/mol. The van der Waals surface area contributed by atoms with Gasteiger partial charge in [0.1, 0.15) is 0 Å². The number of rotatable bonds is 4. The van der Waals surface area contributed by atoms with E-state index in [1.807, 2.05) is 0 Å². The van der Waals surface area contributed by atoms with Crippen LogP contribution in [0.4, 0.5) is 0 Å². The zero-order chi connectivity index (χ0) is 38.8. The molecule has 56 heavy (non-hydrogen) atoms. The van der Waals surface area contributed by atoms with Crippen LogP contribution in [0.3, 0.4) is 0 Å². The second-order valence-corrected chi connectivity index (χ2v) is 18.1. The van der Waals surface area contributed by atoms with Crippen molar-refractivity contribution in [3.05, 3.63) is 176 Å². The van der Waals surface area contributed by atoms with E-state index < -0.39 is 0 Å². The summed E-state index contributed by atoms with van der Waals surface area (Å²) >= 11 is 0. The van der Waals surface area contributed by atoms with Crippen LogP contribution < -0.4 is 21.9 Å². The lowest BCUT2D eigenvalue weighted by Gasteiger charge is -2.34. The molecule has 10 rings (SSSR count). The third-order valence-electron chi connectivity index (χ3n) is 13.0. The Morgan fingerprint density at radius 3 is 1.18 bits per heavy atom. The average molecular weight is 719 g/mol. The zero-order valence-electron chi connectivity index (χ0n) is 34.3. The number of hydrogen-bond donors (Lipinski definition) is 0. The van der Waals surface area contributed by atoms with E-state index >= 15 is 0 Å². The zero-order valence-corrected chi connectivity index (χ0v) is 34.3. The first-order chi connectivity index (χ1) is 26.9. The molecule has 0 bridgehead atoms. The third kappa shape index (κ3) is 5.22. The maximum Gasteiger partial charge on any atom is 0.243 e. The van der Waals surface area contributed by atoms with E-state index in [-0.39, 0.29) is 18.8 Å². The Labute approximate surface area is 333 Å². The van der Waals surface area contributed by atoms with Crippen molar-refractivity contribution in [2.24, 2.45) is 0 Å². The minimum absolute atomic E-state index is 0.00743. The molecule has 0 N–H and O–H groups in total. The highest BCUT2D eigenvalue weighted by molar-refractivity contribution is 7.04. The lowest BCUT2D eigenvalue weighted by molar-refractivity contribution is 0.591. The van der Waals surface area contributed by atoms with E-state index in [1.165, 1.54) is 126 Å². The van der Waals surface area contributed by atoms with Crippen LogP contribution in [0, 0.1) is 41.5 Å². The molecule has 2 heterocycles. The third-order valence-corrected chi connectivity index (χ3v) is 13.0. The van der Waals surface area contributed by atoms with Gasteiger partial charge in [0.25, 0.3) is 0 Å². The van der Waals surface area contributed by atoms with Crippen LogP contribution in [0.1, 0.15) is 82.0 Å². The fraction of sp³-hybridized carbons (Fsp3) is 0.185. The summed E-state index contributed by atoms with van der Waals surface area (Å²) < 4.78 is 0. The molecule has 0 saturated carbocycles. The fourth-order valence-electron chi connectivity index (χ4n) is 10.9. The molecule has 0 saturated heterocycles. The molecule has 0 radical (unpaired) electrons. The van der Waals surface area contributed by atoms with Crippen molar-refractivity contribution >= 4 is 90.7 Å². The van der Waals surface area contributed by atoms with Gasteiger partial charge in [-0.2, -0.15) is 0 Å². The van der Waals surface area contributed by atoms with Crippen molar-refractivity contribution in [3.63, 3.8) is 0 Å². The highest BCUT2D eigenvalue weighted by atomic mass is 14.3. The van der Waals surface area contributed by atoms with Gasteiger partial charge >= 0.3 is 0 Å². The fourth-order valence-corrected chi connectivity index (χ4v) is 10.9. The van der Waals surface area contributed by atoms with Crippen LogP contribution in [0.25, 0.3) is 55.4 Å². The molecule has 0 amide bonds. The largest absolute Gasteiger partial charge is 0.243 e. The highest BCUT2D eigenvalue weighted by Gasteiger charge is 2.38. The molecule has 0 spiro atoms. The van der Waals surface area contributed by atoms with Crippen LogP contribution in [-0.4, -0.2) is 13.4 Å². The second-order valence-electron chi connectivity index (χ2n) is 18.1. The average Bonchev–Trinajstić information content (AvgIpc) is 3.15. The molecular weight excluding hydrogens is 670 g/mol. The molecule has 2 aliphatic rings. The maximum absolute atomic E-state index is 2.59. The van der Waals surface area contributed by atoms with Crippen molar-refractivity contribution < 1.29 is 0 Å². The second kappa shape index (κ2) is 12.5. The molecule has 0 fully saturated rings. The number of hydrogen-bond acceptors (Lipinski definition) is 0. The Balaban J connectivity index is 1.42. The topological polar surface area (TPSA) is 0 Å². The lowest BCUT2D eigenvalue weighted by Crippen LogP contribution is -2.49. The van der Waals surface area contributed by atoms with Crippen molar-refractivity contribution in [3.8, 4) is 0 Å². The van der Waals surface area contributed by atoms with Crippen molar-refractivity contribution in [1.29, 1.82) is 0 Å². The summed E-state index contributed by atoms with van der Waals surface area (Å²) in [6.45, 7) is 21.0. The maximum atomic E-state index is 2.59. The predicted molar refractivity (Wildman–Crippen MR) is 249 cm³/mol. The van der Waals surface area contributed by atoms with Crippen molar-refractivity contribution in [2.75, 3.05) is 0 Å². The predicted octanol–water partition coefficient (Wildman–Crippen LogP) is 11.1. The summed E-state index contributed by atoms with van der Waals surface area (Å²) in [5.41, 5.74) is 23.2. The Bertz CT molecular complexity index is 2750. The van der Waals surface area contributed by atoms with Gasteiger partial charge in [0.15, 0.2) is 0 Å². The first kappa shape index (κ1) is 34.9. The summed E-state index contributed by atoms with van der Waals surface area (Å²) in [4.78, 5) is 0. The Kier molecular flexibility index (Phi) is 7.76. The molecular formula is C54H48B2. The molecule has 0 aliphatic carbocycles. The van der Waals surface area contributed by atoms with E-state index in [1.54, 1.807) is 0 Å². The molecule has 270 valence electrons. The number of benzene rings is 8. The first-order valence-corrected chi connectivity index (χ1v) is 20.4. The smallest absolute Gasteiger partial charge is 0.0629 e. The molecule has 8 aromatic rings. The lowest BCUT2D eigenvalue weighted by atomic mass is 9.31. The summed E-state index contributed by atoms with van der Waals surface area (Å²) in [5.74, 6) is 0. The van der Waals surface area contributed by atoms with E-state index in [0.29, 0.717) is 0 Å².